The normalized spacial score (nSPS) is 11.1. The van der Waals surface area contributed by atoms with E-state index < -0.39 is 0 Å². The summed E-state index contributed by atoms with van der Waals surface area (Å²) in [7, 11) is 0. The summed E-state index contributed by atoms with van der Waals surface area (Å²) >= 11 is 0. The van der Waals surface area contributed by atoms with Gasteiger partial charge in [-0.25, -0.2) is 9.50 Å². The average molecular weight is 241 g/mol. The van der Waals surface area contributed by atoms with Crippen LogP contribution in [0.2, 0.25) is 0 Å². The van der Waals surface area contributed by atoms with Gasteiger partial charge in [-0.2, -0.15) is 5.10 Å². The van der Waals surface area contributed by atoms with Crippen LogP contribution in [0.15, 0.2) is 43.2 Å². The number of fused-ring (bicyclic) bond motifs is 1. The summed E-state index contributed by atoms with van der Waals surface area (Å²) in [5.41, 5.74) is 8.85. The predicted molar refractivity (Wildman–Crippen MR) is 70.2 cm³/mol. The third-order valence-corrected chi connectivity index (χ3v) is 3.06. The second-order valence-corrected chi connectivity index (χ2v) is 4.37. The van der Waals surface area contributed by atoms with Gasteiger partial charge in [0.05, 0.1) is 23.7 Å². The van der Waals surface area contributed by atoms with Crippen molar-refractivity contribution < 1.29 is 0 Å². The van der Waals surface area contributed by atoms with E-state index in [4.69, 9.17) is 5.73 Å². The van der Waals surface area contributed by atoms with Crippen molar-refractivity contribution in [1.82, 2.24) is 19.2 Å². The zero-order valence-electron chi connectivity index (χ0n) is 10.0. The highest BCUT2D eigenvalue weighted by Gasteiger charge is 2.01. The Hall–Kier alpha value is -2.30. The molecular weight excluding hydrogens is 226 g/mol. The fourth-order valence-electron chi connectivity index (χ4n) is 2.08. The minimum Gasteiger partial charge on any atom is -0.396 e. The van der Waals surface area contributed by atoms with Gasteiger partial charge in [-0.15, -0.1) is 0 Å². The number of anilines is 1. The molecule has 0 radical (unpaired) electrons. The molecule has 92 valence electrons. The van der Waals surface area contributed by atoms with Crippen molar-refractivity contribution in [3.8, 4) is 0 Å². The Morgan fingerprint density at radius 3 is 3.06 bits per heavy atom. The van der Waals surface area contributed by atoms with Gasteiger partial charge in [0.2, 0.25) is 0 Å². The fraction of sp³-hybridized carbons (Fsp3) is 0.231. The summed E-state index contributed by atoms with van der Waals surface area (Å²) in [4.78, 5) is 4.03. The third kappa shape index (κ3) is 2.07. The van der Waals surface area contributed by atoms with Gasteiger partial charge in [-0.3, -0.25) is 0 Å². The fourth-order valence-corrected chi connectivity index (χ4v) is 2.08. The molecule has 0 aliphatic rings. The van der Waals surface area contributed by atoms with Crippen LogP contribution in [-0.4, -0.2) is 19.2 Å². The van der Waals surface area contributed by atoms with Crippen LogP contribution >= 0.6 is 0 Å². The number of nitrogens with two attached hydrogens (primary N) is 1. The molecule has 2 N–H and O–H groups in total. The maximum atomic E-state index is 5.86. The predicted octanol–water partition coefficient (Wildman–Crippen LogP) is 1.75. The second-order valence-electron chi connectivity index (χ2n) is 4.37. The van der Waals surface area contributed by atoms with Crippen LogP contribution in [0.1, 0.15) is 12.0 Å². The van der Waals surface area contributed by atoms with Crippen LogP contribution < -0.4 is 5.73 Å². The third-order valence-electron chi connectivity index (χ3n) is 3.06. The first-order valence-electron chi connectivity index (χ1n) is 6.00. The number of hydrogen-bond donors (Lipinski definition) is 1. The lowest BCUT2D eigenvalue weighted by molar-refractivity contribution is 0.641. The molecule has 18 heavy (non-hydrogen) atoms. The van der Waals surface area contributed by atoms with Crippen LogP contribution in [0, 0.1) is 0 Å². The van der Waals surface area contributed by atoms with Crippen molar-refractivity contribution >= 4 is 11.2 Å². The van der Waals surface area contributed by atoms with Gasteiger partial charge < -0.3 is 10.3 Å². The standard InChI is InChI=1S/C13H15N5/c14-12-9-16-18-6-3-11(8-13(12)18)2-1-5-17-7-4-15-10-17/h3-4,6-10H,1-2,5,14H2. The molecule has 0 saturated heterocycles. The molecule has 0 aromatic carbocycles. The lowest BCUT2D eigenvalue weighted by Gasteiger charge is -2.04. The van der Waals surface area contributed by atoms with Crippen molar-refractivity contribution in [3.05, 3.63) is 48.8 Å². The molecule has 0 saturated carbocycles. The molecule has 0 amide bonds. The number of aryl methyl sites for hydroxylation is 2. The Balaban J connectivity index is 1.69. The molecular formula is C13H15N5. The molecule has 5 nitrogen and oxygen atoms in total. The van der Waals surface area contributed by atoms with Gasteiger partial charge in [0.25, 0.3) is 0 Å². The zero-order chi connectivity index (χ0) is 12.4. The van der Waals surface area contributed by atoms with Gasteiger partial charge >= 0.3 is 0 Å². The minimum atomic E-state index is 0.728. The molecule has 0 unspecified atom stereocenters. The summed E-state index contributed by atoms with van der Waals surface area (Å²) < 4.78 is 3.89. The smallest absolute Gasteiger partial charge is 0.0945 e. The number of pyridine rings is 1. The first-order chi connectivity index (χ1) is 8.83. The van der Waals surface area contributed by atoms with Crippen LogP contribution in [0.3, 0.4) is 0 Å². The Bertz CT molecular complexity index is 639. The number of aromatic nitrogens is 4. The molecule has 3 rings (SSSR count). The summed E-state index contributed by atoms with van der Waals surface area (Å²) in [5, 5.41) is 4.16. The van der Waals surface area contributed by atoms with E-state index in [0.717, 1.165) is 30.6 Å². The molecule has 5 heteroatoms. The Morgan fingerprint density at radius 1 is 1.28 bits per heavy atom. The van der Waals surface area contributed by atoms with E-state index in [1.807, 2.05) is 18.7 Å². The number of nitrogens with zero attached hydrogens (tertiary/aromatic N) is 4. The van der Waals surface area contributed by atoms with E-state index in [9.17, 15) is 0 Å². The molecule has 0 aliphatic heterocycles. The van der Waals surface area contributed by atoms with E-state index in [2.05, 4.69) is 26.8 Å². The summed E-state index contributed by atoms with van der Waals surface area (Å²) in [6.45, 7) is 0.986. The number of nitrogen functional groups attached to an aromatic ring is 1. The van der Waals surface area contributed by atoms with E-state index in [-0.39, 0.29) is 0 Å². The van der Waals surface area contributed by atoms with E-state index in [1.165, 1.54) is 5.56 Å². The molecule has 0 spiro atoms. The maximum Gasteiger partial charge on any atom is 0.0945 e. The summed E-state index contributed by atoms with van der Waals surface area (Å²) in [6, 6.07) is 4.20. The SMILES string of the molecule is Nc1cnn2ccc(CCCn3ccnc3)cc12. The first kappa shape index (κ1) is 10.8. The van der Waals surface area contributed by atoms with Gasteiger partial charge in [0.1, 0.15) is 0 Å². The van der Waals surface area contributed by atoms with Crippen molar-refractivity contribution in [2.45, 2.75) is 19.4 Å². The van der Waals surface area contributed by atoms with Crippen LogP contribution in [0.4, 0.5) is 5.69 Å². The number of imidazole rings is 1. The van der Waals surface area contributed by atoms with Crippen molar-refractivity contribution in [3.63, 3.8) is 0 Å². The monoisotopic (exact) mass is 241 g/mol. The highest BCUT2D eigenvalue weighted by atomic mass is 15.2. The van der Waals surface area contributed by atoms with Crippen molar-refractivity contribution in [2.75, 3.05) is 5.73 Å². The second kappa shape index (κ2) is 4.52. The number of hydrogen-bond acceptors (Lipinski definition) is 3. The molecule has 0 atom stereocenters. The highest BCUT2D eigenvalue weighted by Crippen LogP contribution is 2.15. The topological polar surface area (TPSA) is 61.1 Å². The van der Waals surface area contributed by atoms with E-state index >= 15 is 0 Å². The molecule has 0 bridgehead atoms. The quantitative estimate of drug-likeness (QED) is 0.757. The van der Waals surface area contributed by atoms with Crippen molar-refractivity contribution in [2.24, 2.45) is 0 Å². The zero-order valence-corrected chi connectivity index (χ0v) is 10.0. The molecule has 3 aromatic rings. The lowest BCUT2D eigenvalue weighted by atomic mass is 10.1. The lowest BCUT2D eigenvalue weighted by Crippen LogP contribution is -1.97. The van der Waals surface area contributed by atoms with Gasteiger partial charge in [0.15, 0.2) is 0 Å². The van der Waals surface area contributed by atoms with Crippen LogP contribution in [0.25, 0.3) is 5.52 Å². The number of rotatable bonds is 4. The Labute approximate surface area is 105 Å². The molecule has 3 aromatic heterocycles. The van der Waals surface area contributed by atoms with E-state index in [0.29, 0.717) is 0 Å². The molecule has 0 aliphatic carbocycles. The first-order valence-corrected chi connectivity index (χ1v) is 6.00. The Kier molecular flexibility index (Phi) is 2.72. The van der Waals surface area contributed by atoms with Crippen molar-refractivity contribution in [1.29, 1.82) is 0 Å². The van der Waals surface area contributed by atoms with Gasteiger partial charge in [0, 0.05) is 25.1 Å². The van der Waals surface area contributed by atoms with Gasteiger partial charge in [-0.05, 0) is 30.5 Å². The maximum absolute atomic E-state index is 5.86. The molecule has 0 fully saturated rings. The largest absolute Gasteiger partial charge is 0.396 e. The van der Waals surface area contributed by atoms with Gasteiger partial charge in [-0.1, -0.05) is 0 Å². The Morgan fingerprint density at radius 2 is 2.22 bits per heavy atom. The van der Waals surface area contributed by atoms with E-state index in [1.54, 1.807) is 16.9 Å². The van der Waals surface area contributed by atoms with Crippen LogP contribution in [0.5, 0.6) is 0 Å². The summed E-state index contributed by atoms with van der Waals surface area (Å²) in [6.07, 6.45) is 11.4. The average Bonchev–Trinajstić information content (AvgIpc) is 3.01. The molecule has 3 heterocycles. The minimum absolute atomic E-state index is 0.728. The highest BCUT2D eigenvalue weighted by molar-refractivity contribution is 5.68. The summed E-state index contributed by atoms with van der Waals surface area (Å²) in [5.74, 6) is 0. The van der Waals surface area contributed by atoms with Crippen LogP contribution in [-0.2, 0) is 13.0 Å².